The maximum Gasteiger partial charge on any atom is 0.277 e. The van der Waals surface area contributed by atoms with Gasteiger partial charge in [0.15, 0.2) is 0 Å². The number of amides is 1. The van der Waals surface area contributed by atoms with E-state index in [2.05, 4.69) is 15.5 Å². The van der Waals surface area contributed by atoms with Crippen LogP contribution < -0.4 is 5.32 Å². The second-order valence-electron chi connectivity index (χ2n) is 5.27. The van der Waals surface area contributed by atoms with Crippen molar-refractivity contribution in [3.63, 3.8) is 0 Å². The van der Waals surface area contributed by atoms with Crippen molar-refractivity contribution < 1.29 is 18.0 Å². The molecule has 2 aromatic heterocycles. The standard InChI is InChI=1S/C17H16FN3O3S/c1-3-14(15(22)19-12-6-4-11(18)5-7-12)25-17-21-20-16(24-17)13-8-9-23-10(13)2/h4-9,14H,3H2,1-2H3,(H,19,22). The smallest absolute Gasteiger partial charge is 0.277 e. The molecule has 3 aromatic rings. The highest BCUT2D eigenvalue weighted by Gasteiger charge is 2.22. The normalized spacial score (nSPS) is 12.1. The van der Waals surface area contributed by atoms with Crippen LogP contribution in [-0.4, -0.2) is 21.4 Å². The second-order valence-corrected chi connectivity index (χ2v) is 6.43. The van der Waals surface area contributed by atoms with Gasteiger partial charge in [-0.25, -0.2) is 4.39 Å². The van der Waals surface area contributed by atoms with Crippen LogP contribution in [-0.2, 0) is 4.79 Å². The summed E-state index contributed by atoms with van der Waals surface area (Å²) >= 11 is 1.19. The molecule has 1 unspecified atom stereocenters. The van der Waals surface area contributed by atoms with Crippen LogP contribution in [0.5, 0.6) is 0 Å². The molecule has 0 spiro atoms. The van der Waals surface area contributed by atoms with Crippen LogP contribution in [0.15, 0.2) is 50.7 Å². The molecule has 0 saturated carbocycles. The largest absolute Gasteiger partial charge is 0.469 e. The molecule has 1 N–H and O–H groups in total. The number of aromatic nitrogens is 2. The van der Waals surface area contributed by atoms with E-state index in [1.807, 2.05) is 6.92 Å². The molecule has 6 nitrogen and oxygen atoms in total. The van der Waals surface area contributed by atoms with E-state index in [1.165, 1.54) is 36.0 Å². The summed E-state index contributed by atoms with van der Waals surface area (Å²) in [7, 11) is 0. The number of nitrogens with zero attached hydrogens (tertiary/aromatic N) is 2. The number of nitrogens with one attached hydrogen (secondary N) is 1. The fourth-order valence-electron chi connectivity index (χ4n) is 2.17. The van der Waals surface area contributed by atoms with Gasteiger partial charge >= 0.3 is 0 Å². The molecule has 0 aliphatic heterocycles. The molecular formula is C17H16FN3O3S. The van der Waals surface area contributed by atoms with Crippen molar-refractivity contribution in [1.82, 2.24) is 10.2 Å². The molecule has 1 atom stereocenters. The first-order valence-electron chi connectivity index (χ1n) is 7.68. The Hall–Kier alpha value is -2.61. The van der Waals surface area contributed by atoms with E-state index in [0.717, 1.165) is 5.56 Å². The molecule has 1 amide bonds. The van der Waals surface area contributed by atoms with Gasteiger partial charge in [0.2, 0.25) is 5.91 Å². The summed E-state index contributed by atoms with van der Waals surface area (Å²) in [6.07, 6.45) is 2.12. The minimum absolute atomic E-state index is 0.210. The van der Waals surface area contributed by atoms with E-state index < -0.39 is 5.25 Å². The maximum absolute atomic E-state index is 12.9. The fourth-order valence-corrected chi connectivity index (χ4v) is 2.96. The summed E-state index contributed by atoms with van der Waals surface area (Å²) in [5, 5.41) is 10.6. The van der Waals surface area contributed by atoms with Gasteiger partial charge in [-0.3, -0.25) is 4.79 Å². The molecule has 0 aliphatic rings. The first-order valence-corrected chi connectivity index (χ1v) is 8.56. The SMILES string of the molecule is CCC(Sc1nnc(-c2ccoc2C)o1)C(=O)Nc1ccc(F)cc1. The van der Waals surface area contributed by atoms with Gasteiger partial charge in [-0.15, -0.1) is 10.2 Å². The van der Waals surface area contributed by atoms with E-state index in [1.54, 1.807) is 19.3 Å². The Bertz CT molecular complexity index is 860. The monoisotopic (exact) mass is 361 g/mol. The topological polar surface area (TPSA) is 81.2 Å². The molecule has 3 rings (SSSR count). The number of carbonyl (C=O) groups excluding carboxylic acids is 1. The highest BCUT2D eigenvalue weighted by atomic mass is 32.2. The van der Waals surface area contributed by atoms with Crippen molar-refractivity contribution in [3.05, 3.63) is 48.2 Å². The maximum atomic E-state index is 12.9. The lowest BCUT2D eigenvalue weighted by Gasteiger charge is -2.12. The van der Waals surface area contributed by atoms with Crippen LogP contribution in [0.25, 0.3) is 11.5 Å². The van der Waals surface area contributed by atoms with E-state index >= 15 is 0 Å². The minimum atomic E-state index is -0.413. The molecule has 8 heteroatoms. The number of anilines is 1. The molecule has 25 heavy (non-hydrogen) atoms. The number of halogens is 1. The van der Waals surface area contributed by atoms with Crippen LogP contribution in [0.3, 0.4) is 0 Å². The number of hydrogen-bond donors (Lipinski definition) is 1. The van der Waals surface area contributed by atoms with Crippen molar-refractivity contribution in [3.8, 4) is 11.5 Å². The lowest BCUT2D eigenvalue weighted by molar-refractivity contribution is -0.115. The van der Waals surface area contributed by atoms with Gasteiger partial charge in [-0.1, -0.05) is 18.7 Å². The first-order chi connectivity index (χ1) is 12.1. The molecule has 1 aromatic carbocycles. The van der Waals surface area contributed by atoms with Crippen molar-refractivity contribution in [2.24, 2.45) is 0 Å². The van der Waals surface area contributed by atoms with Gasteiger partial charge in [0.25, 0.3) is 11.1 Å². The Morgan fingerprint density at radius 1 is 1.28 bits per heavy atom. The molecule has 0 fully saturated rings. The summed E-state index contributed by atoms with van der Waals surface area (Å²) < 4.78 is 23.8. The molecule has 0 saturated heterocycles. The summed E-state index contributed by atoms with van der Waals surface area (Å²) in [5.74, 6) is 0.467. The summed E-state index contributed by atoms with van der Waals surface area (Å²) in [4.78, 5) is 12.4. The molecular weight excluding hydrogens is 345 g/mol. The number of benzene rings is 1. The molecule has 0 radical (unpaired) electrons. The van der Waals surface area contributed by atoms with Crippen LogP contribution in [0, 0.1) is 12.7 Å². The third kappa shape index (κ3) is 4.08. The first kappa shape index (κ1) is 17.2. The lowest BCUT2D eigenvalue weighted by atomic mass is 10.2. The van der Waals surface area contributed by atoms with Crippen LogP contribution in [0.2, 0.25) is 0 Å². The molecule has 130 valence electrons. The zero-order valence-corrected chi connectivity index (χ0v) is 14.5. The molecule has 0 bridgehead atoms. The van der Waals surface area contributed by atoms with Crippen LogP contribution >= 0.6 is 11.8 Å². The van der Waals surface area contributed by atoms with Gasteiger partial charge in [0, 0.05) is 5.69 Å². The molecule has 2 heterocycles. The average Bonchev–Trinajstić information content (AvgIpc) is 3.23. The fraction of sp³-hybridized carbons (Fsp3) is 0.235. The number of carbonyl (C=O) groups is 1. The zero-order chi connectivity index (χ0) is 17.8. The number of thioether (sulfide) groups is 1. The lowest BCUT2D eigenvalue weighted by Crippen LogP contribution is -2.24. The van der Waals surface area contributed by atoms with Crippen molar-refractivity contribution in [2.45, 2.75) is 30.7 Å². The highest BCUT2D eigenvalue weighted by molar-refractivity contribution is 8.00. The average molecular weight is 361 g/mol. The third-order valence-corrected chi connectivity index (χ3v) is 4.71. The van der Waals surface area contributed by atoms with E-state index in [-0.39, 0.29) is 11.7 Å². The highest BCUT2D eigenvalue weighted by Crippen LogP contribution is 2.29. The van der Waals surface area contributed by atoms with Gasteiger partial charge < -0.3 is 14.2 Å². The Morgan fingerprint density at radius 3 is 2.68 bits per heavy atom. The minimum Gasteiger partial charge on any atom is -0.469 e. The van der Waals surface area contributed by atoms with Crippen LogP contribution in [0.4, 0.5) is 10.1 Å². The van der Waals surface area contributed by atoms with Crippen molar-refractivity contribution >= 4 is 23.4 Å². The summed E-state index contributed by atoms with van der Waals surface area (Å²) in [6, 6.07) is 7.35. The Kier molecular flexibility index (Phi) is 5.18. The number of hydrogen-bond acceptors (Lipinski definition) is 6. The Labute approximate surface area is 147 Å². The number of furan rings is 1. The quantitative estimate of drug-likeness (QED) is 0.660. The second kappa shape index (κ2) is 7.52. The summed E-state index contributed by atoms with van der Waals surface area (Å²) in [5.41, 5.74) is 1.26. The number of aryl methyl sites for hydroxylation is 1. The van der Waals surface area contributed by atoms with Gasteiger partial charge in [-0.2, -0.15) is 0 Å². The molecule has 0 aliphatic carbocycles. The Morgan fingerprint density at radius 2 is 2.04 bits per heavy atom. The van der Waals surface area contributed by atoms with Crippen molar-refractivity contribution in [2.75, 3.05) is 5.32 Å². The predicted octanol–water partition coefficient (Wildman–Crippen LogP) is 4.29. The van der Waals surface area contributed by atoms with E-state index in [0.29, 0.717) is 29.0 Å². The summed E-state index contributed by atoms with van der Waals surface area (Å²) in [6.45, 7) is 3.69. The Balaban J connectivity index is 1.67. The van der Waals surface area contributed by atoms with Crippen molar-refractivity contribution in [1.29, 1.82) is 0 Å². The van der Waals surface area contributed by atoms with Gasteiger partial charge in [0.05, 0.1) is 17.1 Å². The van der Waals surface area contributed by atoms with E-state index in [4.69, 9.17) is 8.83 Å². The van der Waals surface area contributed by atoms with Gasteiger partial charge in [0.1, 0.15) is 11.6 Å². The number of rotatable bonds is 6. The zero-order valence-electron chi connectivity index (χ0n) is 13.7. The van der Waals surface area contributed by atoms with Crippen LogP contribution in [0.1, 0.15) is 19.1 Å². The van der Waals surface area contributed by atoms with Gasteiger partial charge in [-0.05, 0) is 43.7 Å². The predicted molar refractivity (Wildman–Crippen MR) is 91.7 cm³/mol. The van der Waals surface area contributed by atoms with E-state index in [9.17, 15) is 9.18 Å². The third-order valence-electron chi connectivity index (χ3n) is 3.51.